The zero-order chi connectivity index (χ0) is 15.4. The van der Waals surface area contributed by atoms with Crippen molar-refractivity contribution < 1.29 is 22.4 Å². The predicted octanol–water partition coefficient (Wildman–Crippen LogP) is 2.59. The highest BCUT2D eigenvalue weighted by Gasteiger charge is 2.21. The summed E-state index contributed by atoms with van der Waals surface area (Å²) in [5, 5.41) is 0. The van der Waals surface area contributed by atoms with Gasteiger partial charge >= 0.3 is 5.97 Å². The van der Waals surface area contributed by atoms with Crippen LogP contribution in [0.25, 0.3) is 0 Å². The Kier molecular flexibility index (Phi) is 10.3. The Balaban J connectivity index is 3.85. The van der Waals surface area contributed by atoms with Crippen LogP contribution in [-0.4, -0.2) is 37.8 Å². The van der Waals surface area contributed by atoms with Crippen LogP contribution in [0.4, 0.5) is 4.48 Å². The van der Waals surface area contributed by atoms with Gasteiger partial charge in [-0.1, -0.05) is 45.6 Å². The molecule has 0 aliphatic carbocycles. The van der Waals surface area contributed by atoms with Crippen LogP contribution in [-0.2, 0) is 19.6 Å². The number of ether oxygens (including phenoxy) is 1. The molecular formula is C13H24FNO4S. The molecule has 0 aliphatic rings. The molecule has 7 heteroatoms. The molecule has 0 saturated heterocycles. The van der Waals surface area contributed by atoms with Crippen molar-refractivity contribution in [2.45, 2.75) is 45.4 Å². The minimum atomic E-state index is -3.91. The molecule has 0 aromatic carbocycles. The van der Waals surface area contributed by atoms with E-state index in [0.29, 0.717) is 6.42 Å². The van der Waals surface area contributed by atoms with Crippen LogP contribution in [0.5, 0.6) is 0 Å². The lowest BCUT2D eigenvalue weighted by Gasteiger charge is -2.12. The average molecular weight is 309 g/mol. The van der Waals surface area contributed by atoms with Gasteiger partial charge in [0.2, 0.25) is 10.0 Å². The third-order valence-electron chi connectivity index (χ3n) is 2.74. The molecule has 0 bridgehead atoms. The first-order valence-corrected chi connectivity index (χ1v) is 8.50. The molecule has 0 aliphatic heterocycles. The normalized spacial score (nSPS) is 11.6. The van der Waals surface area contributed by atoms with E-state index in [1.54, 1.807) is 0 Å². The lowest BCUT2D eigenvalue weighted by Crippen LogP contribution is -2.29. The molecule has 5 nitrogen and oxygen atoms in total. The van der Waals surface area contributed by atoms with Crippen molar-refractivity contribution in [1.82, 2.24) is 4.53 Å². The van der Waals surface area contributed by atoms with Crippen molar-refractivity contribution >= 4 is 16.0 Å². The van der Waals surface area contributed by atoms with E-state index in [0.717, 1.165) is 38.2 Å². The summed E-state index contributed by atoms with van der Waals surface area (Å²) in [5.74, 6) is -0.919. The van der Waals surface area contributed by atoms with Crippen LogP contribution < -0.4 is 0 Å². The van der Waals surface area contributed by atoms with Crippen LogP contribution in [0.2, 0.25) is 0 Å². The summed E-state index contributed by atoms with van der Waals surface area (Å²) >= 11 is 0. The number of carbonyl (C=O) groups is 1. The van der Waals surface area contributed by atoms with Gasteiger partial charge in [0.05, 0.1) is 12.3 Å². The summed E-state index contributed by atoms with van der Waals surface area (Å²) < 4.78 is 40.8. The number of esters is 1. The Hall–Kier alpha value is -0.950. The van der Waals surface area contributed by atoms with E-state index in [-0.39, 0.29) is 16.9 Å². The van der Waals surface area contributed by atoms with Gasteiger partial charge in [-0.3, -0.25) is 0 Å². The highest BCUT2D eigenvalue weighted by Crippen LogP contribution is 2.09. The Morgan fingerprint density at radius 3 is 2.45 bits per heavy atom. The average Bonchev–Trinajstić information content (AvgIpc) is 2.42. The molecule has 0 saturated carbocycles. The first kappa shape index (κ1) is 19.1. The molecule has 20 heavy (non-hydrogen) atoms. The van der Waals surface area contributed by atoms with E-state index in [1.807, 2.05) is 0 Å². The number of unbranched alkanes of at least 4 members (excludes halogenated alkanes) is 5. The van der Waals surface area contributed by atoms with Gasteiger partial charge in [0.15, 0.2) is 0 Å². The van der Waals surface area contributed by atoms with E-state index < -0.39 is 22.5 Å². The molecule has 0 unspecified atom stereocenters. The van der Waals surface area contributed by atoms with Crippen molar-refractivity contribution in [3.63, 3.8) is 0 Å². The predicted molar refractivity (Wildman–Crippen MR) is 76.1 cm³/mol. The minimum Gasteiger partial charge on any atom is -0.461 e. The van der Waals surface area contributed by atoms with Gasteiger partial charge in [0.25, 0.3) is 0 Å². The number of hydrogen-bond acceptors (Lipinski definition) is 4. The largest absolute Gasteiger partial charge is 0.461 e. The Bertz CT molecular complexity index is 384. The van der Waals surface area contributed by atoms with Gasteiger partial charge in [0, 0.05) is 6.08 Å². The first-order valence-electron chi connectivity index (χ1n) is 6.89. The first-order chi connectivity index (χ1) is 9.44. The fraction of sp³-hybridized carbons (Fsp3) is 0.769. The van der Waals surface area contributed by atoms with Crippen LogP contribution in [0, 0.1) is 0 Å². The van der Waals surface area contributed by atoms with Gasteiger partial charge in [-0.2, -0.15) is 0 Å². The third kappa shape index (κ3) is 9.03. The molecule has 0 heterocycles. The lowest BCUT2D eigenvalue weighted by molar-refractivity contribution is -0.138. The maximum atomic E-state index is 13.4. The van der Waals surface area contributed by atoms with Gasteiger partial charge in [-0.05, 0) is 10.9 Å². The molecular weight excluding hydrogens is 285 g/mol. The standard InChI is InChI=1S/C13H24FNO4S/c1-3-5-6-7-8-9-12-20(17,18)15(14)10-11-19-13(16)4-2/h4H,2-3,5-12H2,1H3. The molecule has 0 atom stereocenters. The molecule has 0 radical (unpaired) electrons. The lowest BCUT2D eigenvalue weighted by atomic mass is 10.1. The Morgan fingerprint density at radius 2 is 1.85 bits per heavy atom. The van der Waals surface area contributed by atoms with Gasteiger partial charge in [-0.15, -0.1) is 4.48 Å². The summed E-state index contributed by atoms with van der Waals surface area (Å²) in [5.41, 5.74) is 0. The maximum Gasteiger partial charge on any atom is 0.330 e. The highest BCUT2D eigenvalue weighted by molar-refractivity contribution is 7.88. The maximum absolute atomic E-state index is 13.4. The number of sulfonamides is 1. The molecule has 0 fully saturated rings. The van der Waals surface area contributed by atoms with Gasteiger partial charge in [0.1, 0.15) is 6.61 Å². The van der Waals surface area contributed by atoms with Crippen LogP contribution in [0.3, 0.4) is 0 Å². The number of halogens is 1. The van der Waals surface area contributed by atoms with E-state index >= 15 is 0 Å². The second-order valence-electron chi connectivity index (χ2n) is 4.47. The van der Waals surface area contributed by atoms with Crippen molar-refractivity contribution in [2.75, 3.05) is 18.9 Å². The molecule has 0 aromatic heterocycles. The van der Waals surface area contributed by atoms with Crippen molar-refractivity contribution in [2.24, 2.45) is 0 Å². The van der Waals surface area contributed by atoms with Gasteiger partial charge in [-0.25, -0.2) is 13.2 Å². The molecule has 0 amide bonds. The number of carbonyl (C=O) groups excluding carboxylic acids is 1. The summed E-state index contributed by atoms with van der Waals surface area (Å²) in [6.07, 6.45) is 6.46. The van der Waals surface area contributed by atoms with Crippen molar-refractivity contribution in [3.05, 3.63) is 12.7 Å². The summed E-state index contributed by atoms with van der Waals surface area (Å²) in [6, 6.07) is 0. The van der Waals surface area contributed by atoms with Crippen LogP contribution >= 0.6 is 0 Å². The highest BCUT2D eigenvalue weighted by atomic mass is 32.2. The summed E-state index contributed by atoms with van der Waals surface area (Å²) in [7, 11) is -3.91. The number of rotatable bonds is 12. The zero-order valence-electron chi connectivity index (χ0n) is 12.0. The van der Waals surface area contributed by atoms with Crippen molar-refractivity contribution in [3.8, 4) is 0 Å². The van der Waals surface area contributed by atoms with Gasteiger partial charge < -0.3 is 4.74 Å². The molecule has 118 valence electrons. The van der Waals surface area contributed by atoms with Crippen LogP contribution in [0.1, 0.15) is 45.4 Å². The number of hydrogen-bond donors (Lipinski definition) is 0. The SMILES string of the molecule is C=CC(=O)OCCN(F)S(=O)(=O)CCCCCCCC. The number of nitrogens with zero attached hydrogens (tertiary/aromatic N) is 1. The molecule has 0 rings (SSSR count). The Labute approximate surface area is 120 Å². The van der Waals surface area contributed by atoms with E-state index in [9.17, 15) is 17.7 Å². The second-order valence-corrected chi connectivity index (χ2v) is 6.43. The quantitative estimate of drug-likeness (QED) is 0.240. The third-order valence-corrected chi connectivity index (χ3v) is 4.33. The second kappa shape index (κ2) is 10.8. The fourth-order valence-corrected chi connectivity index (χ4v) is 2.70. The van der Waals surface area contributed by atoms with E-state index in [4.69, 9.17) is 0 Å². The van der Waals surface area contributed by atoms with E-state index in [2.05, 4.69) is 18.2 Å². The fourth-order valence-electron chi connectivity index (χ4n) is 1.58. The molecule has 0 spiro atoms. The van der Waals surface area contributed by atoms with E-state index in [1.165, 1.54) is 0 Å². The summed E-state index contributed by atoms with van der Waals surface area (Å²) in [6.45, 7) is 4.47. The minimum absolute atomic E-state index is 0.217. The monoisotopic (exact) mass is 309 g/mol. The molecule has 0 N–H and O–H groups in total. The summed E-state index contributed by atoms with van der Waals surface area (Å²) in [4.78, 5) is 10.7. The topological polar surface area (TPSA) is 63.7 Å². The smallest absolute Gasteiger partial charge is 0.330 e. The zero-order valence-corrected chi connectivity index (χ0v) is 12.8. The Morgan fingerprint density at radius 1 is 1.25 bits per heavy atom. The van der Waals surface area contributed by atoms with Crippen molar-refractivity contribution in [1.29, 1.82) is 0 Å². The molecule has 0 aromatic rings. The van der Waals surface area contributed by atoms with Crippen LogP contribution in [0.15, 0.2) is 12.7 Å².